The Bertz CT molecular complexity index is 534. The number of halogens is 1. The van der Waals surface area contributed by atoms with Crippen LogP contribution >= 0.6 is 23.7 Å². The van der Waals surface area contributed by atoms with Gasteiger partial charge in [0.05, 0.1) is 12.1 Å². The van der Waals surface area contributed by atoms with Crippen molar-refractivity contribution in [1.82, 2.24) is 10.0 Å². The Hall–Kier alpha value is -0.670. The van der Waals surface area contributed by atoms with Gasteiger partial charge < -0.3 is 11.1 Å². The fourth-order valence-electron chi connectivity index (χ4n) is 1.09. The number of hydrogen-bond acceptors (Lipinski definition) is 5. The summed E-state index contributed by atoms with van der Waals surface area (Å²) >= 11 is 1.11. The highest BCUT2D eigenvalue weighted by Gasteiger charge is 2.21. The van der Waals surface area contributed by atoms with E-state index in [4.69, 9.17) is 5.73 Å². The molecule has 9 heteroatoms. The number of carbonyl (C=O) groups is 1. The summed E-state index contributed by atoms with van der Waals surface area (Å²) in [6, 6.07) is 3.17. The Morgan fingerprint density at radius 3 is 2.47 bits per heavy atom. The zero-order chi connectivity index (χ0) is 14.0. The lowest BCUT2D eigenvalue weighted by atomic mass is 10.1. The van der Waals surface area contributed by atoms with Gasteiger partial charge in [-0.25, -0.2) is 13.1 Å². The summed E-state index contributed by atoms with van der Waals surface area (Å²) in [6.45, 7) is 3.48. The number of nitrogens with two attached hydrogens (primary N) is 1. The molecule has 1 rings (SSSR count). The second kappa shape index (κ2) is 6.67. The van der Waals surface area contributed by atoms with Crippen molar-refractivity contribution in [3.05, 3.63) is 17.0 Å². The maximum Gasteiger partial charge on any atom is 0.249 e. The maximum absolute atomic E-state index is 11.5. The standard InChI is InChI=1S/C10H17N3O3S2.ClH/c1-10(2,11)9(14)13-6-7-4-5-8(17-7)18(15,16)12-3;/h4-5,12H,6,11H2,1-3H3,(H,13,14);1H. The molecule has 0 atom stereocenters. The van der Waals surface area contributed by atoms with Crippen LogP contribution in [-0.2, 0) is 21.4 Å². The van der Waals surface area contributed by atoms with E-state index in [0.717, 1.165) is 16.2 Å². The first kappa shape index (κ1) is 18.3. The van der Waals surface area contributed by atoms with Crippen LogP contribution in [0, 0.1) is 0 Å². The number of carbonyl (C=O) groups excluding carboxylic acids is 1. The largest absolute Gasteiger partial charge is 0.350 e. The SMILES string of the molecule is CNS(=O)(=O)c1ccc(CNC(=O)C(C)(C)N)s1.Cl. The smallest absolute Gasteiger partial charge is 0.249 e. The van der Waals surface area contributed by atoms with E-state index in [0.29, 0.717) is 0 Å². The zero-order valence-corrected chi connectivity index (χ0v) is 13.3. The second-order valence-corrected chi connectivity index (χ2v) is 7.61. The van der Waals surface area contributed by atoms with Crippen molar-refractivity contribution >= 4 is 39.7 Å². The van der Waals surface area contributed by atoms with E-state index in [-0.39, 0.29) is 29.1 Å². The van der Waals surface area contributed by atoms with Crippen molar-refractivity contribution in [3.63, 3.8) is 0 Å². The van der Waals surface area contributed by atoms with Crippen molar-refractivity contribution in [2.24, 2.45) is 5.73 Å². The van der Waals surface area contributed by atoms with E-state index < -0.39 is 15.6 Å². The maximum atomic E-state index is 11.5. The Labute approximate surface area is 123 Å². The van der Waals surface area contributed by atoms with E-state index in [1.54, 1.807) is 19.9 Å². The summed E-state index contributed by atoms with van der Waals surface area (Å²) in [5, 5.41) is 2.65. The summed E-state index contributed by atoms with van der Waals surface area (Å²) < 4.78 is 25.5. The summed E-state index contributed by atoms with van der Waals surface area (Å²) in [5.74, 6) is -0.283. The minimum atomic E-state index is -3.41. The molecule has 0 aromatic carbocycles. The molecule has 0 aliphatic rings. The van der Waals surface area contributed by atoms with Crippen LogP contribution in [0.3, 0.4) is 0 Å². The molecule has 0 unspecified atom stereocenters. The molecule has 1 amide bonds. The summed E-state index contributed by atoms with van der Waals surface area (Å²) in [5.41, 5.74) is 4.68. The predicted molar refractivity (Wildman–Crippen MR) is 77.9 cm³/mol. The van der Waals surface area contributed by atoms with Gasteiger partial charge in [-0.3, -0.25) is 4.79 Å². The highest BCUT2D eigenvalue weighted by molar-refractivity contribution is 7.91. The molecule has 1 heterocycles. The lowest BCUT2D eigenvalue weighted by Gasteiger charge is -2.17. The van der Waals surface area contributed by atoms with E-state index >= 15 is 0 Å². The van der Waals surface area contributed by atoms with Crippen LogP contribution in [0.1, 0.15) is 18.7 Å². The van der Waals surface area contributed by atoms with Gasteiger partial charge in [0.25, 0.3) is 0 Å². The lowest BCUT2D eigenvalue weighted by Crippen LogP contribution is -2.48. The van der Waals surface area contributed by atoms with E-state index in [1.165, 1.54) is 13.1 Å². The minimum absolute atomic E-state index is 0. The number of sulfonamides is 1. The quantitative estimate of drug-likeness (QED) is 0.730. The monoisotopic (exact) mass is 327 g/mol. The average molecular weight is 328 g/mol. The van der Waals surface area contributed by atoms with Gasteiger partial charge in [0.1, 0.15) is 4.21 Å². The van der Waals surface area contributed by atoms with Gasteiger partial charge in [0, 0.05) is 4.88 Å². The predicted octanol–water partition coefficient (Wildman–Crippen LogP) is 0.432. The third kappa shape index (κ3) is 5.07. The third-order valence-corrected chi connectivity index (χ3v) is 5.17. The van der Waals surface area contributed by atoms with Gasteiger partial charge in [-0.1, -0.05) is 0 Å². The molecular weight excluding hydrogens is 310 g/mol. The molecule has 0 saturated heterocycles. The Morgan fingerprint density at radius 2 is 2.00 bits per heavy atom. The van der Waals surface area contributed by atoms with Crippen LogP contribution < -0.4 is 15.8 Å². The number of amides is 1. The second-order valence-electron chi connectivity index (χ2n) is 4.33. The summed E-state index contributed by atoms with van der Waals surface area (Å²) in [4.78, 5) is 12.3. The van der Waals surface area contributed by atoms with Gasteiger partial charge in [0.15, 0.2) is 0 Å². The van der Waals surface area contributed by atoms with Crippen molar-refractivity contribution < 1.29 is 13.2 Å². The number of thiophene rings is 1. The van der Waals surface area contributed by atoms with Crippen molar-refractivity contribution in [2.45, 2.75) is 30.1 Å². The molecule has 1 aromatic rings. The molecular formula is C10H18ClN3O3S2. The molecule has 110 valence electrons. The first-order chi connectivity index (χ1) is 8.16. The summed E-state index contributed by atoms with van der Waals surface area (Å²) in [7, 11) is -2.06. The van der Waals surface area contributed by atoms with E-state index in [1.807, 2.05) is 0 Å². The van der Waals surface area contributed by atoms with Gasteiger partial charge in [0.2, 0.25) is 15.9 Å². The first-order valence-electron chi connectivity index (χ1n) is 5.26. The lowest BCUT2D eigenvalue weighted by molar-refractivity contribution is -0.125. The number of hydrogen-bond donors (Lipinski definition) is 3. The Kier molecular flexibility index (Phi) is 6.43. The van der Waals surface area contributed by atoms with Crippen LogP contribution in [-0.4, -0.2) is 26.9 Å². The third-order valence-electron chi connectivity index (χ3n) is 2.18. The van der Waals surface area contributed by atoms with Gasteiger partial charge >= 0.3 is 0 Å². The molecule has 1 aromatic heterocycles. The Balaban J connectivity index is 0.00000324. The van der Waals surface area contributed by atoms with Crippen LogP contribution in [0.2, 0.25) is 0 Å². The van der Waals surface area contributed by atoms with Gasteiger partial charge in [-0.15, -0.1) is 23.7 Å². The van der Waals surface area contributed by atoms with Gasteiger partial charge in [-0.05, 0) is 33.0 Å². The van der Waals surface area contributed by atoms with Crippen molar-refractivity contribution in [3.8, 4) is 0 Å². The topological polar surface area (TPSA) is 101 Å². The molecule has 0 aliphatic carbocycles. The fraction of sp³-hybridized carbons (Fsp3) is 0.500. The highest BCUT2D eigenvalue weighted by atomic mass is 35.5. The van der Waals surface area contributed by atoms with Crippen LogP contribution in [0.4, 0.5) is 0 Å². The minimum Gasteiger partial charge on any atom is -0.350 e. The molecule has 0 saturated carbocycles. The fourth-order valence-corrected chi connectivity index (χ4v) is 3.23. The van der Waals surface area contributed by atoms with Crippen molar-refractivity contribution in [2.75, 3.05) is 7.05 Å². The number of nitrogens with one attached hydrogen (secondary N) is 2. The molecule has 0 aliphatic heterocycles. The summed E-state index contributed by atoms with van der Waals surface area (Å²) in [6.07, 6.45) is 0. The van der Waals surface area contributed by atoms with Crippen LogP contribution in [0.25, 0.3) is 0 Å². The first-order valence-corrected chi connectivity index (χ1v) is 7.56. The molecule has 0 radical (unpaired) electrons. The Morgan fingerprint density at radius 1 is 1.42 bits per heavy atom. The zero-order valence-electron chi connectivity index (χ0n) is 10.9. The normalized spacial score (nSPS) is 11.8. The molecule has 0 spiro atoms. The molecule has 6 nitrogen and oxygen atoms in total. The molecule has 4 N–H and O–H groups in total. The van der Waals surface area contributed by atoms with Crippen LogP contribution in [0.5, 0.6) is 0 Å². The van der Waals surface area contributed by atoms with Crippen molar-refractivity contribution in [1.29, 1.82) is 0 Å². The van der Waals surface area contributed by atoms with E-state index in [9.17, 15) is 13.2 Å². The molecule has 19 heavy (non-hydrogen) atoms. The van der Waals surface area contributed by atoms with Gasteiger partial charge in [-0.2, -0.15) is 0 Å². The molecule has 0 bridgehead atoms. The number of rotatable bonds is 5. The average Bonchev–Trinajstić information content (AvgIpc) is 2.73. The van der Waals surface area contributed by atoms with Crippen LogP contribution in [0.15, 0.2) is 16.3 Å². The molecule has 0 fully saturated rings. The highest BCUT2D eigenvalue weighted by Crippen LogP contribution is 2.21. The van der Waals surface area contributed by atoms with E-state index in [2.05, 4.69) is 10.0 Å².